The van der Waals surface area contributed by atoms with Crippen LogP contribution in [0.1, 0.15) is 47.4 Å². The van der Waals surface area contributed by atoms with Crippen molar-refractivity contribution in [3.63, 3.8) is 0 Å². The van der Waals surface area contributed by atoms with Gasteiger partial charge in [-0.3, -0.25) is 14.3 Å². The number of rotatable bonds is 9. The smallest absolute Gasteiger partial charge is 0.257 e. The number of hydrogen-bond acceptors (Lipinski definition) is 6. The highest BCUT2D eigenvalue weighted by molar-refractivity contribution is 6.19. The molecule has 2 aromatic carbocycles. The maximum Gasteiger partial charge on any atom is 0.257 e. The lowest BCUT2D eigenvalue weighted by molar-refractivity contribution is -0.123. The van der Waals surface area contributed by atoms with E-state index < -0.39 is 0 Å². The van der Waals surface area contributed by atoms with Crippen LogP contribution in [0.25, 0.3) is 32.9 Å². The second-order valence-corrected chi connectivity index (χ2v) is 13.1. The summed E-state index contributed by atoms with van der Waals surface area (Å²) >= 11 is 0. The summed E-state index contributed by atoms with van der Waals surface area (Å²) in [6, 6.07) is 6.14. The van der Waals surface area contributed by atoms with E-state index in [0.717, 1.165) is 103 Å². The number of aryl methyl sites for hydroxylation is 3. The molecule has 10 heteroatoms. The SMILES string of the molecule is CC(C)Cn1c2ccc(OCC(=O)NCCCN3CCN(C)CC3)cc2c2c3c(c4c(c21)CCc1nn(C)cc1-4)C(=O)NC3. The van der Waals surface area contributed by atoms with E-state index in [2.05, 4.69) is 64.2 Å². The van der Waals surface area contributed by atoms with E-state index in [1.54, 1.807) is 0 Å². The molecule has 4 heterocycles. The molecule has 0 atom stereocenters. The number of hydrogen-bond donors (Lipinski definition) is 2. The quantitative estimate of drug-likeness (QED) is 0.288. The zero-order valence-corrected chi connectivity index (χ0v) is 26.3. The molecule has 232 valence electrons. The van der Waals surface area contributed by atoms with Gasteiger partial charge >= 0.3 is 0 Å². The molecule has 0 spiro atoms. The van der Waals surface area contributed by atoms with Gasteiger partial charge in [-0.1, -0.05) is 13.8 Å². The lowest BCUT2D eigenvalue weighted by Gasteiger charge is -2.32. The molecule has 7 rings (SSSR count). The van der Waals surface area contributed by atoms with Crippen molar-refractivity contribution in [1.82, 2.24) is 34.8 Å². The van der Waals surface area contributed by atoms with Crippen LogP contribution in [-0.4, -0.2) is 88.9 Å². The number of likely N-dealkylation sites (N-methyl/N-ethyl adjacent to an activating group) is 1. The highest BCUT2D eigenvalue weighted by Gasteiger charge is 2.35. The Kier molecular flexibility index (Phi) is 7.58. The summed E-state index contributed by atoms with van der Waals surface area (Å²) in [5.74, 6) is 0.969. The first-order valence-electron chi connectivity index (χ1n) is 16.0. The predicted molar refractivity (Wildman–Crippen MR) is 172 cm³/mol. The molecular weight excluding hydrogens is 554 g/mol. The van der Waals surface area contributed by atoms with E-state index in [1.807, 2.05) is 17.8 Å². The number of nitrogens with one attached hydrogen (secondary N) is 2. The van der Waals surface area contributed by atoms with Crippen LogP contribution in [0, 0.1) is 5.92 Å². The summed E-state index contributed by atoms with van der Waals surface area (Å²) in [6.07, 6.45) is 4.67. The van der Waals surface area contributed by atoms with Crippen molar-refractivity contribution >= 4 is 33.6 Å². The summed E-state index contributed by atoms with van der Waals surface area (Å²) in [5.41, 5.74) is 8.57. The summed E-state index contributed by atoms with van der Waals surface area (Å²) in [4.78, 5) is 30.8. The van der Waals surface area contributed by atoms with Gasteiger partial charge in [-0.05, 0) is 68.1 Å². The second-order valence-electron chi connectivity index (χ2n) is 13.1. The van der Waals surface area contributed by atoms with Crippen LogP contribution < -0.4 is 15.4 Å². The summed E-state index contributed by atoms with van der Waals surface area (Å²) in [5, 5.41) is 13.0. The molecule has 10 nitrogen and oxygen atoms in total. The van der Waals surface area contributed by atoms with Crippen LogP contribution >= 0.6 is 0 Å². The first kappa shape index (κ1) is 28.9. The molecule has 0 bridgehead atoms. The molecule has 2 aliphatic heterocycles. The first-order valence-corrected chi connectivity index (χ1v) is 16.0. The topological polar surface area (TPSA) is 96.7 Å². The number of aromatic nitrogens is 3. The molecule has 2 aromatic heterocycles. The number of piperazine rings is 1. The van der Waals surface area contributed by atoms with Gasteiger partial charge in [-0.15, -0.1) is 0 Å². The van der Waals surface area contributed by atoms with Crippen molar-refractivity contribution in [2.45, 2.75) is 46.2 Å². The lowest BCUT2D eigenvalue weighted by Crippen LogP contribution is -2.45. The number of ether oxygens (including phenoxy) is 1. The number of carbonyl (C=O) groups excluding carboxylic acids is 2. The minimum atomic E-state index is -0.109. The number of nitrogens with zero attached hydrogens (tertiary/aromatic N) is 5. The highest BCUT2D eigenvalue weighted by atomic mass is 16.5. The van der Waals surface area contributed by atoms with E-state index in [9.17, 15) is 9.59 Å². The molecule has 4 aromatic rings. The van der Waals surface area contributed by atoms with Gasteiger partial charge in [-0.2, -0.15) is 5.10 Å². The molecule has 1 aliphatic carbocycles. The maximum atomic E-state index is 13.4. The van der Waals surface area contributed by atoms with Crippen molar-refractivity contribution in [3.8, 4) is 16.9 Å². The first-order chi connectivity index (χ1) is 21.3. The van der Waals surface area contributed by atoms with Gasteiger partial charge in [-0.25, -0.2) is 0 Å². The molecule has 0 radical (unpaired) electrons. The van der Waals surface area contributed by atoms with Crippen LogP contribution in [0.15, 0.2) is 24.4 Å². The minimum Gasteiger partial charge on any atom is -0.484 e. The molecule has 0 saturated carbocycles. The van der Waals surface area contributed by atoms with E-state index in [0.29, 0.717) is 24.8 Å². The van der Waals surface area contributed by atoms with Crippen molar-refractivity contribution in [3.05, 3.63) is 46.8 Å². The Morgan fingerprint density at radius 2 is 1.91 bits per heavy atom. The summed E-state index contributed by atoms with van der Waals surface area (Å²) < 4.78 is 10.3. The zero-order chi connectivity index (χ0) is 30.5. The van der Waals surface area contributed by atoms with Gasteiger partial charge in [0.25, 0.3) is 11.8 Å². The van der Waals surface area contributed by atoms with Gasteiger partial charge in [0.2, 0.25) is 0 Å². The molecule has 3 aliphatic rings. The molecule has 2 amide bonds. The van der Waals surface area contributed by atoms with Crippen LogP contribution in [0.3, 0.4) is 0 Å². The Bertz CT molecular complexity index is 1760. The average molecular weight is 598 g/mol. The van der Waals surface area contributed by atoms with Gasteiger partial charge in [0.05, 0.1) is 16.8 Å². The standard InChI is InChI=1S/C34H43N7O3/c1-21(2)18-41-28-9-6-22(44-20-29(42)35-10-5-11-40-14-12-38(3)13-15-40)16-24(28)31-25-17-36-34(43)32(25)30-23(33(31)41)7-8-27-26(30)19-39(4)37-27/h6,9,16,19,21H,5,7-8,10-15,17-18,20H2,1-4H3,(H,35,42)(H,36,43). The van der Waals surface area contributed by atoms with E-state index in [4.69, 9.17) is 9.84 Å². The third kappa shape index (κ3) is 5.13. The molecule has 1 saturated heterocycles. The zero-order valence-electron chi connectivity index (χ0n) is 26.3. The Morgan fingerprint density at radius 1 is 1.09 bits per heavy atom. The molecule has 1 fully saturated rings. The van der Waals surface area contributed by atoms with Gasteiger partial charge in [0, 0.05) is 86.5 Å². The molecule has 0 unspecified atom stereocenters. The van der Waals surface area contributed by atoms with Crippen molar-refractivity contribution in [1.29, 1.82) is 0 Å². The van der Waals surface area contributed by atoms with Crippen LogP contribution in [0.5, 0.6) is 5.75 Å². The number of amides is 2. The minimum absolute atomic E-state index is 0.0173. The summed E-state index contributed by atoms with van der Waals surface area (Å²) in [6.45, 7) is 11.8. The van der Waals surface area contributed by atoms with E-state index in [-0.39, 0.29) is 18.4 Å². The van der Waals surface area contributed by atoms with Crippen LogP contribution in [0.4, 0.5) is 0 Å². The average Bonchev–Trinajstić information content (AvgIpc) is 3.67. The van der Waals surface area contributed by atoms with E-state index in [1.165, 1.54) is 11.1 Å². The third-order valence-electron chi connectivity index (χ3n) is 9.40. The van der Waals surface area contributed by atoms with Crippen LogP contribution in [0.2, 0.25) is 0 Å². The maximum absolute atomic E-state index is 13.4. The Hall–Kier alpha value is -3.89. The lowest BCUT2D eigenvalue weighted by atomic mass is 9.82. The molecule has 44 heavy (non-hydrogen) atoms. The Balaban J connectivity index is 1.18. The number of fused-ring (bicyclic) bond motifs is 10. The second kappa shape index (κ2) is 11.6. The molecule has 2 N–H and O–H groups in total. The van der Waals surface area contributed by atoms with Crippen LogP contribution in [-0.2, 0) is 37.8 Å². The third-order valence-corrected chi connectivity index (χ3v) is 9.40. The molecular formula is C34H43N7O3. The largest absolute Gasteiger partial charge is 0.484 e. The van der Waals surface area contributed by atoms with E-state index >= 15 is 0 Å². The Morgan fingerprint density at radius 3 is 2.70 bits per heavy atom. The van der Waals surface area contributed by atoms with Crippen molar-refractivity contribution in [2.24, 2.45) is 13.0 Å². The van der Waals surface area contributed by atoms with Crippen molar-refractivity contribution in [2.75, 3.05) is 52.9 Å². The van der Waals surface area contributed by atoms with Gasteiger partial charge < -0.3 is 29.7 Å². The monoisotopic (exact) mass is 597 g/mol. The Labute approximate surface area is 258 Å². The van der Waals surface area contributed by atoms with Crippen molar-refractivity contribution < 1.29 is 14.3 Å². The summed E-state index contributed by atoms with van der Waals surface area (Å²) in [7, 11) is 4.11. The normalized spacial score (nSPS) is 16.8. The predicted octanol–water partition coefficient (Wildman–Crippen LogP) is 3.33. The van der Waals surface area contributed by atoms with Gasteiger partial charge in [0.15, 0.2) is 6.61 Å². The van der Waals surface area contributed by atoms with Gasteiger partial charge in [0.1, 0.15) is 5.75 Å². The number of benzene rings is 2. The number of carbonyl (C=O) groups is 2. The fourth-order valence-electron chi connectivity index (χ4n) is 7.34. The highest BCUT2D eigenvalue weighted by Crippen LogP contribution is 2.47. The fraction of sp³-hybridized carbons (Fsp3) is 0.500. The fourth-order valence-corrected chi connectivity index (χ4v) is 7.34.